The molecule has 1 aromatic rings. The number of hydrogen-bond donors (Lipinski definition) is 0. The summed E-state index contributed by atoms with van der Waals surface area (Å²) in [6, 6.07) is 7.89. The third-order valence-corrected chi connectivity index (χ3v) is 1.98. The Bertz CT molecular complexity index is 253. The van der Waals surface area contributed by atoms with Crippen molar-refractivity contribution in [1.82, 2.24) is 0 Å². The van der Waals surface area contributed by atoms with Crippen molar-refractivity contribution in [2.45, 2.75) is 18.9 Å². The Hall–Kier alpha value is -1.02. The van der Waals surface area contributed by atoms with Gasteiger partial charge in [0, 0.05) is 0 Å². The Labute approximate surface area is 72.0 Å². The minimum absolute atomic E-state index is 0.0509. The third kappa shape index (κ3) is 1.30. The molecule has 2 aliphatic rings. The first-order chi connectivity index (χ1) is 5.90. The average Bonchev–Trinajstić information content (AvgIpc) is 2.40. The molecule has 2 aliphatic heterocycles. The van der Waals surface area contributed by atoms with Gasteiger partial charge in [-0.2, -0.15) is 4.89 Å². The van der Waals surface area contributed by atoms with Crippen LogP contribution in [0.1, 0.15) is 24.5 Å². The third-order valence-electron chi connectivity index (χ3n) is 1.98. The van der Waals surface area contributed by atoms with Crippen LogP contribution in [0.15, 0.2) is 24.3 Å². The second-order valence-electron chi connectivity index (χ2n) is 2.88. The number of fused-ring (bicyclic) bond motifs is 4. The molecule has 0 N–H and O–H groups in total. The Kier molecular flexibility index (Phi) is 2.00. The lowest BCUT2D eigenvalue weighted by molar-refractivity contribution is -0.246. The van der Waals surface area contributed by atoms with Gasteiger partial charge in [-0.15, -0.1) is 0 Å². The molecule has 12 heavy (non-hydrogen) atoms. The van der Waals surface area contributed by atoms with Crippen molar-refractivity contribution in [2.24, 2.45) is 0 Å². The molecule has 1 atom stereocenters. The maximum atomic E-state index is 5.19. The average molecular weight is 163 g/mol. The maximum absolute atomic E-state index is 5.19. The summed E-state index contributed by atoms with van der Waals surface area (Å²) >= 11 is 0. The molecule has 0 saturated carbocycles. The molecule has 1 unspecified atom stereocenters. The van der Waals surface area contributed by atoms with E-state index in [1.165, 1.54) is 5.56 Å². The van der Waals surface area contributed by atoms with Crippen LogP contribution in [0.3, 0.4) is 0 Å². The monoisotopic (exact) mass is 163 g/mol. The van der Waals surface area contributed by atoms with Gasteiger partial charge in [0.15, 0.2) is 5.75 Å². The van der Waals surface area contributed by atoms with E-state index in [4.69, 9.17) is 9.78 Å². The quantitative estimate of drug-likeness (QED) is 0.624. The van der Waals surface area contributed by atoms with E-state index < -0.39 is 0 Å². The van der Waals surface area contributed by atoms with Crippen LogP contribution in [-0.2, 0) is 4.89 Å². The smallest absolute Gasteiger partial charge is 0.165 e. The van der Waals surface area contributed by atoms with Crippen LogP contribution in [0, 0.1) is 6.92 Å². The first-order valence-corrected chi connectivity index (χ1v) is 4.12. The normalized spacial score (nSPS) is 20.2. The molecule has 0 saturated heterocycles. The molecule has 0 aliphatic carbocycles. The zero-order valence-electron chi connectivity index (χ0n) is 6.82. The lowest BCUT2D eigenvalue weighted by atomic mass is 10.1. The molecule has 0 spiro atoms. The summed E-state index contributed by atoms with van der Waals surface area (Å²) in [5.74, 6) is 0.769. The minimum atomic E-state index is 0.0509. The van der Waals surface area contributed by atoms with E-state index in [1.807, 2.05) is 24.3 Å². The van der Waals surface area contributed by atoms with Crippen LogP contribution in [-0.4, -0.2) is 0 Å². The summed E-state index contributed by atoms with van der Waals surface area (Å²) in [6.07, 6.45) is 1.81. The van der Waals surface area contributed by atoms with E-state index in [-0.39, 0.29) is 6.10 Å². The molecule has 1 radical (unpaired) electrons. The van der Waals surface area contributed by atoms with Crippen molar-refractivity contribution in [3.63, 3.8) is 0 Å². The fraction of sp³-hybridized carbons (Fsp3) is 0.300. The summed E-state index contributed by atoms with van der Waals surface area (Å²) in [5.41, 5.74) is 1.17. The highest BCUT2D eigenvalue weighted by Gasteiger charge is 2.16. The summed E-state index contributed by atoms with van der Waals surface area (Å²) in [7, 11) is 0. The highest BCUT2D eigenvalue weighted by molar-refractivity contribution is 5.29. The predicted molar refractivity (Wildman–Crippen MR) is 45.5 cm³/mol. The van der Waals surface area contributed by atoms with Crippen molar-refractivity contribution in [3.05, 3.63) is 36.8 Å². The number of hydrogen-bond acceptors (Lipinski definition) is 2. The van der Waals surface area contributed by atoms with Crippen LogP contribution in [0.2, 0.25) is 0 Å². The Balaban J connectivity index is 2.22. The van der Waals surface area contributed by atoms with Crippen LogP contribution in [0.5, 0.6) is 5.75 Å². The molecular weight excluding hydrogens is 152 g/mol. The van der Waals surface area contributed by atoms with Gasteiger partial charge in [0.25, 0.3) is 0 Å². The van der Waals surface area contributed by atoms with Gasteiger partial charge in [0.2, 0.25) is 0 Å². The molecule has 2 heterocycles. The van der Waals surface area contributed by atoms with Gasteiger partial charge in [0.05, 0.1) is 0 Å². The molecule has 0 fully saturated rings. The van der Waals surface area contributed by atoms with E-state index in [9.17, 15) is 0 Å². The van der Waals surface area contributed by atoms with Crippen molar-refractivity contribution in [1.29, 1.82) is 0 Å². The van der Waals surface area contributed by atoms with E-state index in [1.54, 1.807) is 0 Å². The molecule has 2 nitrogen and oxygen atoms in total. The number of benzene rings is 1. The summed E-state index contributed by atoms with van der Waals surface area (Å²) in [5, 5.41) is 0. The lowest BCUT2D eigenvalue weighted by Gasteiger charge is -2.10. The van der Waals surface area contributed by atoms with Crippen LogP contribution < -0.4 is 4.89 Å². The Morgan fingerprint density at radius 3 is 2.67 bits per heavy atom. The molecule has 63 valence electrons. The van der Waals surface area contributed by atoms with E-state index in [2.05, 4.69) is 6.92 Å². The largest absolute Gasteiger partial charge is 0.337 e. The number of rotatable bonds is 2. The van der Waals surface area contributed by atoms with Gasteiger partial charge < -0.3 is 4.89 Å². The van der Waals surface area contributed by atoms with Gasteiger partial charge in [-0.25, -0.2) is 0 Å². The van der Waals surface area contributed by atoms with Gasteiger partial charge >= 0.3 is 0 Å². The Morgan fingerprint density at radius 1 is 1.25 bits per heavy atom. The van der Waals surface area contributed by atoms with E-state index in [0.29, 0.717) is 0 Å². The summed E-state index contributed by atoms with van der Waals surface area (Å²) in [6.45, 7) is 3.79. The zero-order valence-corrected chi connectivity index (χ0v) is 6.82. The van der Waals surface area contributed by atoms with Crippen molar-refractivity contribution >= 4 is 0 Å². The van der Waals surface area contributed by atoms with E-state index in [0.717, 1.165) is 18.6 Å². The van der Waals surface area contributed by atoms with Gasteiger partial charge in [0.1, 0.15) is 6.10 Å². The first-order valence-electron chi connectivity index (χ1n) is 4.12. The lowest BCUT2D eigenvalue weighted by Crippen LogP contribution is -2.03. The molecular formula is C10H11O2. The highest BCUT2D eigenvalue weighted by Crippen LogP contribution is 2.29. The van der Waals surface area contributed by atoms with Crippen LogP contribution in [0.4, 0.5) is 0 Å². The van der Waals surface area contributed by atoms with Gasteiger partial charge in [-0.05, 0) is 24.1 Å². The standard InChI is InChI=1S/C10H11O2/c1-2-3-10-8-4-6-9(7-5-8)11-12-10/h4-7,10H,1-3H2. The van der Waals surface area contributed by atoms with Gasteiger partial charge in [-0.1, -0.05) is 25.5 Å². The minimum Gasteiger partial charge on any atom is -0.337 e. The van der Waals surface area contributed by atoms with Crippen molar-refractivity contribution in [2.75, 3.05) is 0 Å². The van der Waals surface area contributed by atoms with Crippen LogP contribution >= 0.6 is 0 Å². The SMILES string of the molecule is [CH2]CCC1OOc2ccc1cc2. The Morgan fingerprint density at radius 2 is 2.00 bits per heavy atom. The second kappa shape index (κ2) is 3.15. The zero-order chi connectivity index (χ0) is 8.39. The molecule has 0 aromatic heterocycles. The highest BCUT2D eigenvalue weighted by atomic mass is 17.2. The van der Waals surface area contributed by atoms with Crippen LogP contribution in [0.25, 0.3) is 0 Å². The first kappa shape index (κ1) is 7.62. The molecule has 0 amide bonds. The summed E-state index contributed by atoms with van der Waals surface area (Å²) in [4.78, 5) is 10.2. The molecule has 2 bridgehead atoms. The second-order valence-corrected chi connectivity index (χ2v) is 2.88. The molecule has 3 rings (SSSR count). The molecule has 1 aromatic carbocycles. The topological polar surface area (TPSA) is 18.5 Å². The summed E-state index contributed by atoms with van der Waals surface area (Å²) < 4.78 is 0. The fourth-order valence-electron chi connectivity index (χ4n) is 1.31. The maximum Gasteiger partial charge on any atom is 0.165 e. The fourth-order valence-corrected chi connectivity index (χ4v) is 1.31. The van der Waals surface area contributed by atoms with Crippen molar-refractivity contribution in [3.8, 4) is 5.75 Å². The predicted octanol–water partition coefficient (Wildman–Crippen LogP) is 2.67. The van der Waals surface area contributed by atoms with Crippen molar-refractivity contribution < 1.29 is 9.78 Å². The molecule has 2 heteroatoms. The van der Waals surface area contributed by atoms with E-state index >= 15 is 0 Å². The van der Waals surface area contributed by atoms with Gasteiger partial charge in [-0.3, -0.25) is 0 Å².